The normalized spacial score (nSPS) is 15.0. The van der Waals surface area contributed by atoms with E-state index in [1.165, 1.54) is 0 Å². The molecular weight excluding hydrogens is 496 g/mol. The Morgan fingerprint density at radius 2 is 1.89 bits per heavy atom. The van der Waals surface area contributed by atoms with Crippen molar-refractivity contribution in [2.75, 3.05) is 6.61 Å². The Hall–Kier alpha value is 0.350. The highest BCUT2D eigenvalue weighted by molar-refractivity contribution is 9.14. The van der Waals surface area contributed by atoms with Crippen molar-refractivity contribution < 1.29 is 9.53 Å². The van der Waals surface area contributed by atoms with E-state index in [4.69, 9.17) is 4.74 Å². The molecule has 0 fully saturated rings. The third-order valence-electron chi connectivity index (χ3n) is 2.07. The van der Waals surface area contributed by atoms with E-state index >= 15 is 0 Å². The number of ether oxygens (including phenoxy) is 1. The number of carbonyl (C=O) groups is 1. The van der Waals surface area contributed by atoms with Gasteiger partial charge in [-0.2, -0.15) is 0 Å². The van der Waals surface area contributed by atoms with Crippen LogP contribution in [0.4, 0.5) is 0 Å². The van der Waals surface area contributed by atoms with Crippen LogP contribution in [0.15, 0.2) is 39.8 Å². The Balaban J connectivity index is 2.58. The molecule has 6 heteroatoms. The van der Waals surface area contributed by atoms with Gasteiger partial charge in [0.15, 0.2) is 0 Å². The minimum atomic E-state index is -0.435. The zero-order valence-electron chi connectivity index (χ0n) is 9.15. The molecule has 1 aromatic rings. The molecule has 0 aromatic heterocycles. The van der Waals surface area contributed by atoms with Crippen LogP contribution in [0.25, 0.3) is 0 Å². The fraction of sp³-hybridized carbons (Fsp3) is 0.250. The third kappa shape index (κ3) is 5.15. The molecule has 1 rings (SSSR count). The van der Waals surface area contributed by atoms with Crippen molar-refractivity contribution in [2.45, 2.75) is 9.65 Å². The molecule has 0 heterocycles. The standard InChI is InChI=1S/C12H10Br4O2/c13-6-9(14)7-18-12(17)11(16)10(15)8-4-2-1-3-5-8/h1-6,10-11H,7H2/b9-6+/t10-,11-/m0/s1. The molecule has 0 amide bonds. The van der Waals surface area contributed by atoms with Crippen LogP contribution in [0.5, 0.6) is 0 Å². The lowest BCUT2D eigenvalue weighted by atomic mass is 10.1. The number of carbonyl (C=O) groups excluding carboxylic acids is 1. The summed E-state index contributed by atoms with van der Waals surface area (Å²) < 4.78 is 5.90. The van der Waals surface area contributed by atoms with Gasteiger partial charge in [-0.3, -0.25) is 4.79 Å². The average Bonchev–Trinajstić information content (AvgIpc) is 2.43. The Labute approximate surface area is 140 Å². The van der Waals surface area contributed by atoms with Gasteiger partial charge in [0.2, 0.25) is 0 Å². The summed E-state index contributed by atoms with van der Waals surface area (Å²) in [5.41, 5.74) is 1.02. The first-order valence-corrected chi connectivity index (χ1v) is 8.54. The van der Waals surface area contributed by atoms with Crippen molar-refractivity contribution >= 4 is 69.7 Å². The summed E-state index contributed by atoms with van der Waals surface area (Å²) in [5.74, 6) is -0.313. The number of halogens is 4. The molecule has 0 aliphatic rings. The van der Waals surface area contributed by atoms with Crippen molar-refractivity contribution in [3.8, 4) is 0 Å². The molecule has 0 spiro atoms. The number of benzene rings is 1. The van der Waals surface area contributed by atoms with Crippen molar-refractivity contribution in [3.63, 3.8) is 0 Å². The van der Waals surface area contributed by atoms with Gasteiger partial charge in [-0.05, 0) is 10.5 Å². The van der Waals surface area contributed by atoms with Gasteiger partial charge in [0, 0.05) is 4.48 Å². The summed E-state index contributed by atoms with van der Waals surface area (Å²) in [6.45, 7) is 0.209. The van der Waals surface area contributed by atoms with Gasteiger partial charge in [0.05, 0.1) is 4.83 Å². The van der Waals surface area contributed by atoms with E-state index in [-0.39, 0.29) is 17.4 Å². The Morgan fingerprint density at radius 1 is 1.28 bits per heavy atom. The highest BCUT2D eigenvalue weighted by Gasteiger charge is 2.26. The molecular formula is C12H10Br4O2. The Bertz CT molecular complexity index is 419. The Morgan fingerprint density at radius 3 is 2.44 bits per heavy atom. The average molecular weight is 506 g/mol. The summed E-state index contributed by atoms with van der Waals surface area (Å²) in [6.07, 6.45) is 0. The summed E-state index contributed by atoms with van der Waals surface area (Å²) in [4.78, 5) is 12.9. The quantitative estimate of drug-likeness (QED) is 0.413. The van der Waals surface area contributed by atoms with Crippen molar-refractivity contribution in [1.82, 2.24) is 0 Å². The highest BCUT2D eigenvalue weighted by Crippen LogP contribution is 2.31. The van der Waals surface area contributed by atoms with Gasteiger partial charge < -0.3 is 4.74 Å². The summed E-state index contributed by atoms with van der Waals surface area (Å²) in [6, 6.07) is 9.70. The van der Waals surface area contributed by atoms with E-state index in [0.717, 1.165) is 10.0 Å². The fourth-order valence-corrected chi connectivity index (χ4v) is 2.38. The molecule has 0 aliphatic carbocycles. The fourth-order valence-electron chi connectivity index (χ4n) is 1.18. The maximum Gasteiger partial charge on any atom is 0.321 e. The largest absolute Gasteiger partial charge is 0.459 e. The van der Waals surface area contributed by atoms with Crippen LogP contribution < -0.4 is 0 Å². The van der Waals surface area contributed by atoms with Crippen LogP contribution in [-0.4, -0.2) is 17.4 Å². The van der Waals surface area contributed by atoms with E-state index in [9.17, 15) is 4.79 Å². The minimum absolute atomic E-state index is 0.127. The summed E-state index contributed by atoms with van der Waals surface area (Å²) >= 11 is 13.2. The molecule has 0 radical (unpaired) electrons. The third-order valence-corrected chi connectivity index (χ3v) is 6.36. The van der Waals surface area contributed by atoms with E-state index < -0.39 is 4.83 Å². The lowest BCUT2D eigenvalue weighted by Gasteiger charge is -2.16. The van der Waals surface area contributed by atoms with Crippen molar-refractivity contribution in [1.29, 1.82) is 0 Å². The number of hydrogen-bond acceptors (Lipinski definition) is 2. The number of alkyl halides is 2. The zero-order chi connectivity index (χ0) is 13.5. The van der Waals surface area contributed by atoms with Gasteiger partial charge in [0.1, 0.15) is 11.4 Å². The van der Waals surface area contributed by atoms with E-state index in [2.05, 4.69) is 63.7 Å². The predicted octanol–water partition coefficient (Wildman–Crippen LogP) is 5.06. The van der Waals surface area contributed by atoms with Crippen LogP contribution in [0.3, 0.4) is 0 Å². The number of hydrogen-bond donors (Lipinski definition) is 0. The lowest BCUT2D eigenvalue weighted by Crippen LogP contribution is -2.22. The van der Waals surface area contributed by atoms with Gasteiger partial charge in [-0.1, -0.05) is 94.1 Å². The monoisotopic (exact) mass is 502 g/mol. The zero-order valence-corrected chi connectivity index (χ0v) is 15.5. The molecule has 0 aliphatic heterocycles. The maximum absolute atomic E-state index is 11.8. The van der Waals surface area contributed by atoms with E-state index in [1.807, 2.05) is 30.3 Å². The van der Waals surface area contributed by atoms with E-state index in [1.54, 1.807) is 4.99 Å². The predicted molar refractivity (Wildman–Crippen MR) is 87.7 cm³/mol. The molecule has 0 unspecified atom stereocenters. The smallest absolute Gasteiger partial charge is 0.321 e. The van der Waals surface area contributed by atoms with Crippen LogP contribution in [0.2, 0.25) is 0 Å². The first-order chi connectivity index (χ1) is 8.56. The van der Waals surface area contributed by atoms with Gasteiger partial charge in [-0.25, -0.2) is 0 Å². The van der Waals surface area contributed by atoms with Crippen LogP contribution in [0.1, 0.15) is 10.4 Å². The SMILES string of the molecule is O=C(OC/C(Br)=C\Br)[C@@H](Br)[C@@H](Br)c1ccccc1. The first-order valence-electron chi connectivity index (χ1n) is 5.00. The molecule has 0 N–H and O–H groups in total. The topological polar surface area (TPSA) is 26.3 Å². The molecule has 98 valence electrons. The number of rotatable bonds is 5. The van der Waals surface area contributed by atoms with E-state index in [0.29, 0.717) is 0 Å². The van der Waals surface area contributed by atoms with Gasteiger partial charge >= 0.3 is 5.97 Å². The lowest BCUT2D eigenvalue weighted by molar-refractivity contribution is -0.141. The molecule has 18 heavy (non-hydrogen) atoms. The summed E-state index contributed by atoms with van der Waals surface area (Å²) in [5, 5.41) is 0. The first kappa shape index (κ1) is 16.4. The van der Waals surface area contributed by atoms with Crippen molar-refractivity contribution in [2.24, 2.45) is 0 Å². The molecule has 0 bridgehead atoms. The minimum Gasteiger partial charge on any atom is -0.459 e. The van der Waals surface area contributed by atoms with Crippen LogP contribution >= 0.6 is 63.7 Å². The van der Waals surface area contributed by atoms with Crippen LogP contribution in [-0.2, 0) is 9.53 Å². The molecule has 2 atom stereocenters. The second-order valence-electron chi connectivity index (χ2n) is 3.38. The molecule has 0 saturated heterocycles. The van der Waals surface area contributed by atoms with Gasteiger partial charge in [-0.15, -0.1) is 0 Å². The van der Waals surface area contributed by atoms with Gasteiger partial charge in [0.25, 0.3) is 0 Å². The van der Waals surface area contributed by atoms with Crippen LogP contribution in [0, 0.1) is 0 Å². The summed E-state index contributed by atoms with van der Waals surface area (Å²) in [7, 11) is 0. The molecule has 2 nitrogen and oxygen atoms in total. The molecule has 1 aromatic carbocycles. The maximum atomic E-state index is 11.8. The highest BCUT2D eigenvalue weighted by atomic mass is 79.9. The second kappa shape index (κ2) is 8.51. The molecule has 0 saturated carbocycles. The number of esters is 1. The second-order valence-corrected chi connectivity index (χ2v) is 6.83. The Kier molecular flexibility index (Phi) is 7.75. The van der Waals surface area contributed by atoms with Crippen molar-refractivity contribution in [3.05, 3.63) is 45.4 Å².